The monoisotopic (exact) mass is 382 g/mol. The van der Waals surface area contributed by atoms with Gasteiger partial charge in [-0.2, -0.15) is 0 Å². The summed E-state index contributed by atoms with van der Waals surface area (Å²) in [5, 5.41) is 2.79. The lowest BCUT2D eigenvalue weighted by Crippen LogP contribution is -2.27. The highest BCUT2D eigenvalue weighted by atomic mass is 19.1. The van der Waals surface area contributed by atoms with Gasteiger partial charge in [0.25, 0.3) is 0 Å². The molecular formula is C21H19FN2O4. The third kappa shape index (κ3) is 3.83. The summed E-state index contributed by atoms with van der Waals surface area (Å²) in [6.45, 7) is 2.32. The molecule has 2 heterocycles. The lowest BCUT2D eigenvalue weighted by molar-refractivity contribution is -0.120. The number of rotatable bonds is 6. The molecule has 0 fully saturated rings. The number of oxazole rings is 1. The van der Waals surface area contributed by atoms with Gasteiger partial charge in [-0.25, -0.2) is 9.37 Å². The van der Waals surface area contributed by atoms with E-state index in [2.05, 4.69) is 10.3 Å². The SMILES string of the molecule is Cc1oc(-c2ccc3c(c2)OCO3)nc1CC(=O)NCCc1ccccc1F. The zero-order chi connectivity index (χ0) is 19.5. The summed E-state index contributed by atoms with van der Waals surface area (Å²) in [5.74, 6) is 1.87. The van der Waals surface area contributed by atoms with Crippen LogP contribution in [0.5, 0.6) is 11.5 Å². The van der Waals surface area contributed by atoms with E-state index in [1.54, 1.807) is 37.3 Å². The number of ether oxygens (including phenoxy) is 2. The van der Waals surface area contributed by atoms with Crippen molar-refractivity contribution in [1.82, 2.24) is 10.3 Å². The van der Waals surface area contributed by atoms with Crippen LogP contribution < -0.4 is 14.8 Å². The Morgan fingerprint density at radius 2 is 2.00 bits per heavy atom. The maximum atomic E-state index is 13.6. The fourth-order valence-corrected chi connectivity index (χ4v) is 3.00. The second-order valence-corrected chi connectivity index (χ2v) is 6.46. The van der Waals surface area contributed by atoms with E-state index in [0.29, 0.717) is 47.4 Å². The van der Waals surface area contributed by atoms with Crippen molar-refractivity contribution in [1.29, 1.82) is 0 Å². The molecule has 4 rings (SSSR count). The maximum Gasteiger partial charge on any atom is 0.231 e. The summed E-state index contributed by atoms with van der Waals surface area (Å²) in [6, 6.07) is 12.0. The number of hydrogen-bond acceptors (Lipinski definition) is 5. The van der Waals surface area contributed by atoms with Crippen molar-refractivity contribution >= 4 is 5.91 Å². The molecule has 1 N–H and O–H groups in total. The Morgan fingerprint density at radius 3 is 2.86 bits per heavy atom. The molecule has 144 valence electrons. The average molecular weight is 382 g/mol. The van der Waals surface area contributed by atoms with E-state index >= 15 is 0 Å². The number of nitrogens with zero attached hydrogens (tertiary/aromatic N) is 1. The Bertz CT molecular complexity index is 1020. The van der Waals surface area contributed by atoms with Crippen molar-refractivity contribution < 1.29 is 23.1 Å². The summed E-state index contributed by atoms with van der Waals surface area (Å²) >= 11 is 0. The highest BCUT2D eigenvalue weighted by molar-refractivity contribution is 5.78. The summed E-state index contributed by atoms with van der Waals surface area (Å²) in [6.07, 6.45) is 0.524. The van der Waals surface area contributed by atoms with Gasteiger partial charge in [0.05, 0.1) is 12.1 Å². The molecule has 28 heavy (non-hydrogen) atoms. The summed E-state index contributed by atoms with van der Waals surface area (Å²) < 4.78 is 30.0. The predicted molar refractivity (Wildman–Crippen MR) is 99.6 cm³/mol. The number of nitrogens with one attached hydrogen (secondary N) is 1. The number of aromatic nitrogens is 1. The Balaban J connectivity index is 1.37. The lowest BCUT2D eigenvalue weighted by atomic mass is 10.1. The van der Waals surface area contributed by atoms with Crippen LogP contribution >= 0.6 is 0 Å². The third-order valence-corrected chi connectivity index (χ3v) is 4.51. The number of carbonyl (C=O) groups excluding carboxylic acids is 1. The molecule has 2 aromatic carbocycles. The van der Waals surface area contributed by atoms with Gasteiger partial charge in [0, 0.05) is 12.1 Å². The first kappa shape index (κ1) is 18.0. The van der Waals surface area contributed by atoms with Gasteiger partial charge in [-0.05, 0) is 43.2 Å². The van der Waals surface area contributed by atoms with Crippen LogP contribution in [0.4, 0.5) is 4.39 Å². The molecule has 0 bridgehead atoms. The van der Waals surface area contributed by atoms with Gasteiger partial charge in [0.1, 0.15) is 11.6 Å². The zero-order valence-electron chi connectivity index (χ0n) is 15.3. The zero-order valence-corrected chi connectivity index (χ0v) is 15.3. The van der Waals surface area contributed by atoms with Gasteiger partial charge in [-0.15, -0.1) is 0 Å². The molecule has 7 heteroatoms. The molecule has 0 atom stereocenters. The minimum Gasteiger partial charge on any atom is -0.454 e. The van der Waals surface area contributed by atoms with E-state index in [0.717, 1.165) is 5.56 Å². The normalized spacial score (nSPS) is 12.2. The molecule has 6 nitrogen and oxygen atoms in total. The smallest absolute Gasteiger partial charge is 0.231 e. The van der Waals surface area contributed by atoms with Crippen LogP contribution in [0.2, 0.25) is 0 Å². The fourth-order valence-electron chi connectivity index (χ4n) is 3.00. The summed E-state index contributed by atoms with van der Waals surface area (Å²) in [5.41, 5.74) is 1.89. The molecule has 1 aromatic heterocycles. The molecule has 0 radical (unpaired) electrons. The Hall–Kier alpha value is -3.35. The van der Waals surface area contributed by atoms with Crippen LogP contribution in [0.1, 0.15) is 17.0 Å². The van der Waals surface area contributed by atoms with Crippen molar-refractivity contribution in [2.24, 2.45) is 0 Å². The molecule has 0 saturated heterocycles. The standard InChI is InChI=1S/C21H19FN2O4/c1-13-17(11-20(25)23-9-8-14-4-2-3-5-16(14)22)24-21(28-13)15-6-7-18-19(10-15)27-12-26-18/h2-7,10H,8-9,11-12H2,1H3,(H,23,25). The second kappa shape index (κ2) is 7.72. The van der Waals surface area contributed by atoms with Crippen LogP contribution in [0.15, 0.2) is 46.9 Å². The lowest BCUT2D eigenvalue weighted by Gasteiger charge is -2.05. The van der Waals surface area contributed by atoms with Gasteiger partial charge in [-0.1, -0.05) is 18.2 Å². The highest BCUT2D eigenvalue weighted by Crippen LogP contribution is 2.36. The van der Waals surface area contributed by atoms with Gasteiger partial charge in [0.15, 0.2) is 11.5 Å². The molecule has 3 aromatic rings. The quantitative estimate of drug-likeness (QED) is 0.707. The number of carbonyl (C=O) groups is 1. The summed E-state index contributed by atoms with van der Waals surface area (Å²) in [7, 11) is 0. The maximum absolute atomic E-state index is 13.6. The molecule has 1 aliphatic heterocycles. The minimum atomic E-state index is -0.266. The second-order valence-electron chi connectivity index (χ2n) is 6.46. The Morgan fingerprint density at radius 1 is 1.18 bits per heavy atom. The topological polar surface area (TPSA) is 73.6 Å². The number of fused-ring (bicyclic) bond motifs is 1. The number of amides is 1. The van der Waals surface area contributed by atoms with Crippen LogP contribution in [0.3, 0.4) is 0 Å². The predicted octanol–water partition coefficient (Wildman–Crippen LogP) is 3.42. The Labute approximate surface area is 161 Å². The number of halogens is 1. The minimum absolute atomic E-state index is 0.0944. The molecule has 1 amide bonds. The van der Waals surface area contributed by atoms with Crippen LogP contribution in [0, 0.1) is 12.7 Å². The molecule has 0 aliphatic carbocycles. The van der Waals surface area contributed by atoms with E-state index < -0.39 is 0 Å². The number of hydrogen-bond donors (Lipinski definition) is 1. The van der Waals surface area contributed by atoms with Gasteiger partial charge in [0.2, 0.25) is 18.6 Å². The Kier molecular flexibility index (Phi) is 4.97. The molecular weight excluding hydrogens is 363 g/mol. The van der Waals surface area contributed by atoms with Crippen LogP contribution in [-0.4, -0.2) is 24.2 Å². The molecule has 0 unspecified atom stereocenters. The van der Waals surface area contributed by atoms with Gasteiger partial charge >= 0.3 is 0 Å². The van der Waals surface area contributed by atoms with E-state index in [-0.39, 0.29) is 24.9 Å². The van der Waals surface area contributed by atoms with Crippen LogP contribution in [0.25, 0.3) is 11.5 Å². The highest BCUT2D eigenvalue weighted by Gasteiger charge is 2.18. The van der Waals surface area contributed by atoms with Crippen molar-refractivity contribution in [3.05, 3.63) is 65.3 Å². The summed E-state index contributed by atoms with van der Waals surface area (Å²) in [4.78, 5) is 16.7. The first-order chi connectivity index (χ1) is 13.6. The molecule has 0 spiro atoms. The van der Waals surface area contributed by atoms with Crippen molar-refractivity contribution in [2.45, 2.75) is 19.8 Å². The average Bonchev–Trinajstić information content (AvgIpc) is 3.29. The first-order valence-corrected chi connectivity index (χ1v) is 8.96. The van der Waals surface area contributed by atoms with Crippen LogP contribution in [-0.2, 0) is 17.6 Å². The molecule has 0 saturated carbocycles. The van der Waals surface area contributed by atoms with E-state index in [4.69, 9.17) is 13.9 Å². The first-order valence-electron chi connectivity index (χ1n) is 8.96. The van der Waals surface area contributed by atoms with E-state index in [9.17, 15) is 9.18 Å². The number of benzene rings is 2. The fraction of sp³-hybridized carbons (Fsp3) is 0.238. The van der Waals surface area contributed by atoms with Crippen molar-refractivity contribution in [2.75, 3.05) is 13.3 Å². The van der Waals surface area contributed by atoms with Gasteiger partial charge in [-0.3, -0.25) is 4.79 Å². The van der Waals surface area contributed by atoms with Crippen molar-refractivity contribution in [3.8, 4) is 23.0 Å². The molecule has 1 aliphatic rings. The largest absolute Gasteiger partial charge is 0.454 e. The van der Waals surface area contributed by atoms with E-state index in [1.165, 1.54) is 6.07 Å². The van der Waals surface area contributed by atoms with Crippen molar-refractivity contribution in [3.63, 3.8) is 0 Å². The number of aryl methyl sites for hydroxylation is 1. The van der Waals surface area contributed by atoms with E-state index in [1.807, 2.05) is 6.07 Å². The third-order valence-electron chi connectivity index (χ3n) is 4.51. The van der Waals surface area contributed by atoms with Gasteiger partial charge < -0.3 is 19.2 Å².